The maximum atomic E-state index is 12.4. The van der Waals surface area contributed by atoms with Crippen LogP contribution in [0.4, 0.5) is 5.69 Å². The summed E-state index contributed by atoms with van der Waals surface area (Å²) in [5.41, 5.74) is 0.961. The van der Waals surface area contributed by atoms with Crippen LogP contribution in [0.3, 0.4) is 0 Å². The molecule has 1 aromatic heterocycles. The number of rotatable bonds is 6. The average Bonchev–Trinajstić information content (AvgIpc) is 3.15. The zero-order valence-electron chi connectivity index (χ0n) is 15.2. The van der Waals surface area contributed by atoms with Crippen molar-refractivity contribution in [2.24, 2.45) is 5.14 Å². The Labute approximate surface area is 164 Å². The van der Waals surface area contributed by atoms with Crippen LogP contribution < -0.4 is 10.0 Å². The molecule has 0 radical (unpaired) electrons. The van der Waals surface area contributed by atoms with Crippen molar-refractivity contribution in [3.8, 4) is 0 Å². The van der Waals surface area contributed by atoms with Crippen LogP contribution in [0, 0.1) is 0 Å². The van der Waals surface area contributed by atoms with E-state index in [1.54, 1.807) is 28.4 Å². The number of primary sulfonamides is 1. The number of piperazine rings is 1. The van der Waals surface area contributed by atoms with Gasteiger partial charge >= 0.3 is 0 Å². The minimum Gasteiger partial charge on any atom is -0.369 e. The molecule has 1 aromatic carbocycles. The highest BCUT2D eigenvalue weighted by Gasteiger charge is 2.21. The highest BCUT2D eigenvalue weighted by Crippen LogP contribution is 2.19. The topological polar surface area (TPSA) is 86.9 Å². The maximum absolute atomic E-state index is 12.4. The first-order valence-electron chi connectivity index (χ1n) is 8.69. The van der Waals surface area contributed by atoms with E-state index in [4.69, 9.17) is 5.14 Å². The van der Waals surface area contributed by atoms with Gasteiger partial charge in [-0.15, -0.1) is 11.3 Å². The fourth-order valence-electron chi connectivity index (χ4n) is 3.05. The molecule has 27 heavy (non-hydrogen) atoms. The predicted octanol–water partition coefficient (Wildman–Crippen LogP) is 1.18. The predicted molar refractivity (Wildman–Crippen MR) is 107 cm³/mol. The summed E-state index contributed by atoms with van der Waals surface area (Å²) in [4.78, 5) is 19.8. The van der Waals surface area contributed by atoms with Gasteiger partial charge in [0, 0.05) is 43.8 Å². The second-order valence-corrected chi connectivity index (χ2v) is 9.22. The molecule has 1 fully saturated rings. The second kappa shape index (κ2) is 8.39. The first-order chi connectivity index (χ1) is 12.8. The quantitative estimate of drug-likeness (QED) is 0.776. The van der Waals surface area contributed by atoms with Crippen LogP contribution in [0.25, 0.3) is 0 Å². The Morgan fingerprint density at radius 2 is 1.81 bits per heavy atom. The van der Waals surface area contributed by atoms with Crippen LogP contribution >= 0.6 is 11.3 Å². The lowest BCUT2D eigenvalue weighted by atomic mass is 10.2. The van der Waals surface area contributed by atoms with E-state index in [9.17, 15) is 13.2 Å². The van der Waals surface area contributed by atoms with E-state index in [-0.39, 0.29) is 10.8 Å². The first kappa shape index (κ1) is 19.8. The van der Waals surface area contributed by atoms with E-state index in [1.807, 2.05) is 24.6 Å². The SMILES string of the molecule is CN(Cc1cccs1)C(=O)CN1CCN(c2ccc(S(N)(=O)=O)cc2)CC1. The minimum atomic E-state index is -3.67. The monoisotopic (exact) mass is 408 g/mol. The Morgan fingerprint density at radius 3 is 2.37 bits per heavy atom. The van der Waals surface area contributed by atoms with Gasteiger partial charge in [0.1, 0.15) is 0 Å². The van der Waals surface area contributed by atoms with Gasteiger partial charge in [0.2, 0.25) is 15.9 Å². The number of amides is 1. The van der Waals surface area contributed by atoms with Crippen molar-refractivity contribution < 1.29 is 13.2 Å². The lowest BCUT2D eigenvalue weighted by Gasteiger charge is -2.36. The standard InChI is InChI=1S/C18H24N4O3S2/c1-20(13-16-3-2-12-26-16)18(23)14-21-8-10-22(11-9-21)15-4-6-17(7-5-15)27(19,24)25/h2-7,12H,8-11,13-14H2,1H3,(H2,19,24,25). The van der Waals surface area contributed by atoms with Gasteiger partial charge in [0.15, 0.2) is 0 Å². The third-order valence-corrected chi connectivity index (χ3v) is 6.45. The summed E-state index contributed by atoms with van der Waals surface area (Å²) >= 11 is 1.66. The highest BCUT2D eigenvalue weighted by molar-refractivity contribution is 7.89. The van der Waals surface area contributed by atoms with E-state index < -0.39 is 10.0 Å². The molecule has 1 aliphatic heterocycles. The molecule has 9 heteroatoms. The lowest BCUT2D eigenvalue weighted by Crippen LogP contribution is -2.49. The summed E-state index contributed by atoms with van der Waals surface area (Å²) in [5.74, 6) is 0.120. The van der Waals surface area contributed by atoms with E-state index in [1.165, 1.54) is 17.0 Å². The average molecular weight is 409 g/mol. The lowest BCUT2D eigenvalue weighted by molar-refractivity contribution is -0.131. The first-order valence-corrected chi connectivity index (χ1v) is 11.1. The molecule has 2 heterocycles. The summed E-state index contributed by atoms with van der Waals surface area (Å²) in [6.07, 6.45) is 0. The number of likely N-dealkylation sites (N-methyl/N-ethyl adjacent to an activating group) is 1. The maximum Gasteiger partial charge on any atom is 0.238 e. The van der Waals surface area contributed by atoms with Gasteiger partial charge in [-0.25, -0.2) is 13.6 Å². The van der Waals surface area contributed by atoms with Crippen LogP contribution in [0.1, 0.15) is 4.88 Å². The van der Waals surface area contributed by atoms with Gasteiger partial charge in [-0.3, -0.25) is 9.69 Å². The largest absolute Gasteiger partial charge is 0.369 e. The number of hydrogen-bond donors (Lipinski definition) is 1. The normalized spacial score (nSPS) is 15.7. The number of anilines is 1. The highest BCUT2D eigenvalue weighted by atomic mass is 32.2. The molecule has 0 unspecified atom stereocenters. The number of nitrogens with zero attached hydrogens (tertiary/aromatic N) is 3. The van der Waals surface area contributed by atoms with E-state index >= 15 is 0 Å². The third-order valence-electron chi connectivity index (χ3n) is 4.66. The van der Waals surface area contributed by atoms with Gasteiger partial charge in [-0.1, -0.05) is 6.07 Å². The molecule has 3 rings (SSSR count). The van der Waals surface area contributed by atoms with E-state index in [2.05, 4.69) is 9.80 Å². The Hall–Kier alpha value is -1.94. The molecule has 146 valence electrons. The number of nitrogens with two attached hydrogens (primary N) is 1. The molecule has 1 aliphatic rings. The van der Waals surface area contributed by atoms with Crippen LogP contribution in [0.15, 0.2) is 46.7 Å². The molecule has 7 nitrogen and oxygen atoms in total. The van der Waals surface area contributed by atoms with Gasteiger partial charge < -0.3 is 9.80 Å². The summed E-state index contributed by atoms with van der Waals surface area (Å²) in [6, 6.07) is 10.6. The molecule has 0 spiro atoms. The Morgan fingerprint density at radius 1 is 1.15 bits per heavy atom. The molecule has 2 aromatic rings. The number of thiophene rings is 1. The molecular weight excluding hydrogens is 384 g/mol. The van der Waals surface area contributed by atoms with Crippen molar-refractivity contribution in [3.63, 3.8) is 0 Å². The fourth-order valence-corrected chi connectivity index (χ4v) is 4.32. The molecule has 0 saturated carbocycles. The molecule has 2 N–H and O–H groups in total. The molecular formula is C18H24N4O3S2. The van der Waals surface area contributed by atoms with Crippen molar-refractivity contribution in [3.05, 3.63) is 46.7 Å². The number of carbonyl (C=O) groups is 1. The van der Waals surface area contributed by atoms with Crippen molar-refractivity contribution in [2.45, 2.75) is 11.4 Å². The van der Waals surface area contributed by atoms with Gasteiger partial charge in [-0.2, -0.15) is 0 Å². The van der Waals surface area contributed by atoms with Gasteiger partial charge in [-0.05, 0) is 35.7 Å². The number of benzene rings is 1. The number of sulfonamides is 1. The Bertz CT molecular complexity index is 859. The summed E-state index contributed by atoms with van der Waals surface area (Å²) < 4.78 is 22.7. The third kappa shape index (κ3) is 5.29. The number of carbonyl (C=O) groups excluding carboxylic acids is 1. The minimum absolute atomic E-state index is 0.115. The zero-order chi connectivity index (χ0) is 19.4. The molecule has 1 amide bonds. The van der Waals surface area contributed by atoms with Crippen molar-refractivity contribution in [1.29, 1.82) is 0 Å². The van der Waals surface area contributed by atoms with Crippen molar-refractivity contribution >= 4 is 33.0 Å². The van der Waals surface area contributed by atoms with E-state index in [0.29, 0.717) is 13.1 Å². The number of hydrogen-bond acceptors (Lipinski definition) is 6. The summed E-state index contributed by atoms with van der Waals surface area (Å²) in [5, 5.41) is 7.15. The molecule has 1 saturated heterocycles. The van der Waals surface area contributed by atoms with Crippen molar-refractivity contribution in [1.82, 2.24) is 9.80 Å². The summed E-state index contributed by atoms with van der Waals surface area (Å²) in [6.45, 7) is 4.21. The fraction of sp³-hybridized carbons (Fsp3) is 0.389. The van der Waals surface area contributed by atoms with Gasteiger partial charge in [0.05, 0.1) is 18.0 Å². The Kier molecular flexibility index (Phi) is 6.15. The molecule has 0 atom stereocenters. The smallest absolute Gasteiger partial charge is 0.238 e. The van der Waals surface area contributed by atoms with E-state index in [0.717, 1.165) is 31.9 Å². The second-order valence-electron chi connectivity index (χ2n) is 6.63. The zero-order valence-corrected chi connectivity index (χ0v) is 16.9. The van der Waals surface area contributed by atoms with Crippen LogP contribution in [0.5, 0.6) is 0 Å². The van der Waals surface area contributed by atoms with Crippen LogP contribution in [-0.2, 0) is 21.4 Å². The molecule has 0 aliphatic carbocycles. The summed E-state index contributed by atoms with van der Waals surface area (Å²) in [7, 11) is -1.83. The Balaban J connectivity index is 1.49. The van der Waals surface area contributed by atoms with Crippen molar-refractivity contribution in [2.75, 3.05) is 44.7 Å². The van der Waals surface area contributed by atoms with Crippen LogP contribution in [-0.4, -0.2) is 63.9 Å². The molecule has 0 bridgehead atoms. The van der Waals surface area contributed by atoms with Crippen LogP contribution in [0.2, 0.25) is 0 Å². The van der Waals surface area contributed by atoms with Gasteiger partial charge in [0.25, 0.3) is 0 Å².